The van der Waals surface area contributed by atoms with Crippen LogP contribution in [0.4, 0.5) is 0 Å². The van der Waals surface area contributed by atoms with Crippen LogP contribution in [0.2, 0.25) is 0 Å². The lowest BCUT2D eigenvalue weighted by Gasteiger charge is -2.20. The molecule has 5 heteroatoms. The molecule has 1 unspecified atom stereocenters. The van der Waals surface area contributed by atoms with Crippen LogP contribution in [0.15, 0.2) is 6.33 Å². The number of Topliss-reactive ketones (excluding diaryl/α,β-unsaturated/α-hetero) is 1. The van der Waals surface area contributed by atoms with Gasteiger partial charge < -0.3 is 4.74 Å². The SMILES string of the molecule is CCn1ncnc1CC1COCCC1=O. The Kier molecular flexibility index (Phi) is 3.11. The van der Waals surface area contributed by atoms with E-state index in [1.54, 1.807) is 0 Å². The van der Waals surface area contributed by atoms with Crippen molar-refractivity contribution < 1.29 is 9.53 Å². The molecule has 1 aromatic rings. The first kappa shape index (κ1) is 10.3. The third-order valence-electron chi connectivity index (χ3n) is 2.69. The van der Waals surface area contributed by atoms with Gasteiger partial charge in [0.15, 0.2) is 0 Å². The molecule has 1 saturated heterocycles. The summed E-state index contributed by atoms with van der Waals surface area (Å²) in [7, 11) is 0. The van der Waals surface area contributed by atoms with Gasteiger partial charge >= 0.3 is 0 Å². The number of carbonyl (C=O) groups excluding carboxylic acids is 1. The molecule has 0 spiro atoms. The number of aromatic nitrogens is 3. The highest BCUT2D eigenvalue weighted by Gasteiger charge is 2.24. The summed E-state index contributed by atoms with van der Waals surface area (Å²) < 4.78 is 7.12. The van der Waals surface area contributed by atoms with Crippen LogP contribution in [0.5, 0.6) is 0 Å². The van der Waals surface area contributed by atoms with Gasteiger partial charge in [-0.1, -0.05) is 0 Å². The van der Waals surface area contributed by atoms with E-state index in [9.17, 15) is 4.79 Å². The van der Waals surface area contributed by atoms with Crippen molar-refractivity contribution in [2.24, 2.45) is 5.92 Å². The van der Waals surface area contributed by atoms with Gasteiger partial charge in [-0.05, 0) is 6.92 Å². The minimum atomic E-state index is -0.0340. The molecule has 0 aliphatic carbocycles. The Morgan fingerprint density at radius 2 is 2.53 bits per heavy atom. The molecule has 82 valence electrons. The Hall–Kier alpha value is -1.23. The van der Waals surface area contributed by atoms with Crippen LogP contribution in [0.3, 0.4) is 0 Å². The van der Waals surface area contributed by atoms with Gasteiger partial charge in [-0.25, -0.2) is 4.98 Å². The highest BCUT2D eigenvalue weighted by atomic mass is 16.5. The average molecular weight is 209 g/mol. The maximum atomic E-state index is 11.6. The van der Waals surface area contributed by atoms with Crippen LogP contribution in [0.1, 0.15) is 19.2 Å². The first-order chi connectivity index (χ1) is 7.31. The summed E-state index contributed by atoms with van der Waals surface area (Å²) >= 11 is 0. The van der Waals surface area contributed by atoms with Gasteiger partial charge in [0.05, 0.1) is 13.2 Å². The second-order valence-electron chi connectivity index (χ2n) is 3.68. The molecule has 1 fully saturated rings. The predicted molar refractivity (Wildman–Crippen MR) is 53.3 cm³/mol. The molecule has 1 aliphatic rings. The van der Waals surface area contributed by atoms with Gasteiger partial charge in [-0.2, -0.15) is 5.10 Å². The lowest BCUT2D eigenvalue weighted by Crippen LogP contribution is -2.30. The molecule has 15 heavy (non-hydrogen) atoms. The first-order valence-electron chi connectivity index (χ1n) is 5.28. The number of nitrogens with zero attached hydrogens (tertiary/aromatic N) is 3. The van der Waals surface area contributed by atoms with E-state index in [4.69, 9.17) is 4.74 Å². The highest BCUT2D eigenvalue weighted by molar-refractivity contribution is 5.81. The maximum absolute atomic E-state index is 11.6. The van der Waals surface area contributed by atoms with E-state index in [0.29, 0.717) is 26.1 Å². The average Bonchev–Trinajstić information content (AvgIpc) is 2.69. The Labute approximate surface area is 88.4 Å². The van der Waals surface area contributed by atoms with Crippen molar-refractivity contribution in [1.29, 1.82) is 0 Å². The van der Waals surface area contributed by atoms with Crippen LogP contribution >= 0.6 is 0 Å². The summed E-state index contributed by atoms with van der Waals surface area (Å²) in [6, 6.07) is 0. The summed E-state index contributed by atoms with van der Waals surface area (Å²) in [5.74, 6) is 1.13. The number of hydrogen-bond donors (Lipinski definition) is 0. The van der Waals surface area contributed by atoms with E-state index < -0.39 is 0 Å². The Morgan fingerprint density at radius 3 is 3.27 bits per heavy atom. The largest absolute Gasteiger partial charge is 0.380 e. The summed E-state index contributed by atoms with van der Waals surface area (Å²) in [6.45, 7) is 3.89. The molecule has 0 saturated carbocycles. The molecule has 5 nitrogen and oxygen atoms in total. The van der Waals surface area contributed by atoms with Crippen molar-refractivity contribution in [2.75, 3.05) is 13.2 Å². The second kappa shape index (κ2) is 4.53. The molecule has 1 aromatic heterocycles. The predicted octanol–water partition coefficient (Wildman–Crippen LogP) is 0.446. The number of rotatable bonds is 3. The van der Waals surface area contributed by atoms with E-state index in [1.165, 1.54) is 6.33 Å². The standard InChI is InChI=1S/C10H15N3O2/c1-2-13-10(11-7-12-13)5-8-6-15-4-3-9(8)14/h7-8H,2-6H2,1H3. The van der Waals surface area contributed by atoms with Crippen LogP contribution in [-0.4, -0.2) is 33.8 Å². The molecular formula is C10H15N3O2. The fourth-order valence-electron chi connectivity index (χ4n) is 1.80. The minimum Gasteiger partial charge on any atom is -0.380 e. The zero-order valence-corrected chi connectivity index (χ0v) is 8.85. The second-order valence-corrected chi connectivity index (χ2v) is 3.68. The zero-order valence-electron chi connectivity index (χ0n) is 8.85. The molecule has 1 aliphatic heterocycles. The lowest BCUT2D eigenvalue weighted by atomic mass is 9.97. The van der Waals surface area contributed by atoms with Gasteiger partial charge in [-0.15, -0.1) is 0 Å². The quantitative estimate of drug-likeness (QED) is 0.725. The van der Waals surface area contributed by atoms with Crippen molar-refractivity contribution in [3.05, 3.63) is 12.2 Å². The number of hydrogen-bond acceptors (Lipinski definition) is 4. The maximum Gasteiger partial charge on any atom is 0.141 e. The monoisotopic (exact) mass is 209 g/mol. The Morgan fingerprint density at radius 1 is 1.67 bits per heavy atom. The molecular weight excluding hydrogens is 194 g/mol. The molecule has 2 rings (SSSR count). The van der Waals surface area contributed by atoms with Crippen molar-refractivity contribution >= 4 is 5.78 Å². The fraction of sp³-hybridized carbons (Fsp3) is 0.700. The Balaban J connectivity index is 2.04. The van der Waals surface area contributed by atoms with Gasteiger partial charge in [0.1, 0.15) is 17.9 Å². The van der Waals surface area contributed by atoms with E-state index in [1.807, 2.05) is 11.6 Å². The van der Waals surface area contributed by atoms with E-state index in [-0.39, 0.29) is 11.7 Å². The smallest absolute Gasteiger partial charge is 0.141 e. The van der Waals surface area contributed by atoms with Gasteiger partial charge in [0, 0.05) is 25.3 Å². The molecule has 0 amide bonds. The summed E-state index contributed by atoms with van der Waals surface area (Å²) in [5, 5.41) is 4.08. The number of ether oxygens (including phenoxy) is 1. The molecule has 0 aromatic carbocycles. The first-order valence-corrected chi connectivity index (χ1v) is 5.28. The zero-order chi connectivity index (χ0) is 10.7. The molecule has 2 heterocycles. The lowest BCUT2D eigenvalue weighted by molar-refractivity contribution is -0.130. The van der Waals surface area contributed by atoms with Crippen LogP contribution in [-0.2, 0) is 22.5 Å². The van der Waals surface area contributed by atoms with Crippen molar-refractivity contribution in [3.63, 3.8) is 0 Å². The van der Waals surface area contributed by atoms with E-state index >= 15 is 0 Å². The van der Waals surface area contributed by atoms with Crippen LogP contribution < -0.4 is 0 Å². The van der Waals surface area contributed by atoms with Gasteiger partial charge in [0.25, 0.3) is 0 Å². The van der Waals surface area contributed by atoms with E-state index in [2.05, 4.69) is 10.1 Å². The fourth-order valence-corrected chi connectivity index (χ4v) is 1.80. The van der Waals surface area contributed by atoms with Gasteiger partial charge in [-0.3, -0.25) is 9.48 Å². The third kappa shape index (κ3) is 2.23. The van der Waals surface area contributed by atoms with Crippen molar-refractivity contribution in [1.82, 2.24) is 14.8 Å². The number of carbonyl (C=O) groups is 1. The third-order valence-corrected chi connectivity index (χ3v) is 2.69. The number of aryl methyl sites for hydroxylation is 1. The van der Waals surface area contributed by atoms with Crippen LogP contribution in [0.25, 0.3) is 0 Å². The van der Waals surface area contributed by atoms with Crippen molar-refractivity contribution in [2.45, 2.75) is 26.3 Å². The van der Waals surface area contributed by atoms with E-state index in [0.717, 1.165) is 12.4 Å². The number of ketones is 1. The normalized spacial score (nSPS) is 21.9. The summed E-state index contributed by atoms with van der Waals surface area (Å²) in [5.41, 5.74) is 0. The van der Waals surface area contributed by atoms with Crippen molar-refractivity contribution in [3.8, 4) is 0 Å². The molecule has 0 N–H and O–H groups in total. The summed E-state index contributed by atoms with van der Waals surface area (Å²) in [4.78, 5) is 15.7. The van der Waals surface area contributed by atoms with Crippen LogP contribution in [0, 0.1) is 5.92 Å². The highest BCUT2D eigenvalue weighted by Crippen LogP contribution is 2.14. The summed E-state index contributed by atoms with van der Waals surface area (Å²) in [6.07, 6.45) is 2.71. The molecule has 0 radical (unpaired) electrons. The van der Waals surface area contributed by atoms with Gasteiger partial charge in [0.2, 0.25) is 0 Å². The Bertz CT molecular complexity index is 348. The molecule has 0 bridgehead atoms. The molecule has 1 atom stereocenters. The topological polar surface area (TPSA) is 57.0 Å². The minimum absolute atomic E-state index is 0.0340.